The van der Waals surface area contributed by atoms with Gasteiger partial charge in [0.1, 0.15) is 0 Å². The average Bonchev–Trinajstić information content (AvgIpc) is 2.91. The zero-order valence-corrected chi connectivity index (χ0v) is 12.4. The van der Waals surface area contributed by atoms with E-state index in [1.54, 1.807) is 6.07 Å². The SMILES string of the molecule is Cc1cccc(-c2noc(-c3cc(N)ccc3Br)n2)c1. The Morgan fingerprint density at radius 1 is 1.15 bits per heavy atom. The average molecular weight is 330 g/mol. The summed E-state index contributed by atoms with van der Waals surface area (Å²) >= 11 is 3.46. The number of hydrogen-bond acceptors (Lipinski definition) is 4. The van der Waals surface area contributed by atoms with Crippen molar-refractivity contribution < 1.29 is 4.52 Å². The Balaban J connectivity index is 2.04. The third-order valence-electron chi connectivity index (χ3n) is 2.92. The lowest BCUT2D eigenvalue weighted by molar-refractivity contribution is 0.432. The second-order valence-corrected chi connectivity index (χ2v) is 5.39. The maximum absolute atomic E-state index is 5.79. The molecule has 100 valence electrons. The first kappa shape index (κ1) is 12.9. The number of aryl methyl sites for hydroxylation is 1. The molecule has 0 aliphatic heterocycles. The minimum absolute atomic E-state index is 0.445. The molecular weight excluding hydrogens is 318 g/mol. The molecule has 0 fully saturated rings. The van der Waals surface area contributed by atoms with Gasteiger partial charge in [-0.3, -0.25) is 0 Å². The molecule has 0 saturated heterocycles. The molecule has 1 heterocycles. The van der Waals surface area contributed by atoms with Crippen LogP contribution in [0.1, 0.15) is 5.56 Å². The summed E-state index contributed by atoms with van der Waals surface area (Å²) in [6.45, 7) is 2.03. The van der Waals surface area contributed by atoms with E-state index in [0.29, 0.717) is 17.4 Å². The number of hydrogen-bond donors (Lipinski definition) is 1. The van der Waals surface area contributed by atoms with Crippen LogP contribution in [0.25, 0.3) is 22.8 Å². The monoisotopic (exact) mass is 329 g/mol. The van der Waals surface area contributed by atoms with Gasteiger partial charge in [0.15, 0.2) is 0 Å². The molecular formula is C15H12BrN3O. The molecule has 0 aliphatic carbocycles. The van der Waals surface area contributed by atoms with Gasteiger partial charge in [0.2, 0.25) is 5.82 Å². The fraction of sp³-hybridized carbons (Fsp3) is 0.0667. The fourth-order valence-electron chi connectivity index (χ4n) is 1.94. The molecule has 4 nitrogen and oxygen atoms in total. The standard InChI is InChI=1S/C15H12BrN3O/c1-9-3-2-4-10(7-9)14-18-15(20-19-14)12-8-11(17)5-6-13(12)16/h2-8H,17H2,1H3. The van der Waals surface area contributed by atoms with Crippen molar-refractivity contribution in [3.63, 3.8) is 0 Å². The highest BCUT2D eigenvalue weighted by Gasteiger charge is 2.13. The molecule has 0 unspecified atom stereocenters. The molecule has 1 aromatic heterocycles. The lowest BCUT2D eigenvalue weighted by atomic mass is 10.1. The molecule has 0 amide bonds. The quantitative estimate of drug-likeness (QED) is 0.720. The Morgan fingerprint density at radius 3 is 2.80 bits per heavy atom. The molecule has 0 aliphatic rings. The van der Waals surface area contributed by atoms with E-state index in [-0.39, 0.29) is 0 Å². The van der Waals surface area contributed by atoms with E-state index in [0.717, 1.165) is 21.2 Å². The summed E-state index contributed by atoms with van der Waals surface area (Å²) in [5.41, 5.74) is 9.31. The van der Waals surface area contributed by atoms with Crippen LogP contribution >= 0.6 is 15.9 Å². The zero-order chi connectivity index (χ0) is 14.1. The van der Waals surface area contributed by atoms with Gasteiger partial charge in [-0.25, -0.2) is 0 Å². The molecule has 2 N–H and O–H groups in total. The van der Waals surface area contributed by atoms with Crippen LogP contribution in [0.2, 0.25) is 0 Å². The molecule has 0 atom stereocenters. The molecule has 3 aromatic rings. The first-order valence-corrected chi connectivity index (χ1v) is 6.89. The number of nitrogens with two attached hydrogens (primary N) is 1. The van der Waals surface area contributed by atoms with Crippen LogP contribution in [0.15, 0.2) is 51.5 Å². The largest absolute Gasteiger partial charge is 0.399 e. The lowest BCUT2D eigenvalue weighted by Crippen LogP contribution is -1.87. The van der Waals surface area contributed by atoms with Crippen LogP contribution in [0.3, 0.4) is 0 Å². The second kappa shape index (κ2) is 5.09. The summed E-state index contributed by atoms with van der Waals surface area (Å²) in [7, 11) is 0. The van der Waals surface area contributed by atoms with Gasteiger partial charge < -0.3 is 10.3 Å². The fourth-order valence-corrected chi connectivity index (χ4v) is 2.36. The summed E-state index contributed by atoms with van der Waals surface area (Å²) in [6, 6.07) is 13.4. The molecule has 3 rings (SSSR count). The summed E-state index contributed by atoms with van der Waals surface area (Å²) in [6.07, 6.45) is 0. The summed E-state index contributed by atoms with van der Waals surface area (Å²) in [5, 5.41) is 4.03. The number of aromatic nitrogens is 2. The van der Waals surface area contributed by atoms with Gasteiger partial charge >= 0.3 is 0 Å². The predicted molar refractivity (Wildman–Crippen MR) is 82.0 cm³/mol. The van der Waals surface area contributed by atoms with E-state index < -0.39 is 0 Å². The molecule has 0 saturated carbocycles. The van der Waals surface area contributed by atoms with Gasteiger partial charge in [-0.15, -0.1) is 0 Å². The molecule has 0 radical (unpaired) electrons. The topological polar surface area (TPSA) is 64.9 Å². The van der Waals surface area contributed by atoms with Crippen LogP contribution < -0.4 is 5.73 Å². The molecule has 20 heavy (non-hydrogen) atoms. The molecule has 0 spiro atoms. The van der Waals surface area contributed by atoms with Crippen LogP contribution in [0.5, 0.6) is 0 Å². The van der Waals surface area contributed by atoms with E-state index in [4.69, 9.17) is 10.3 Å². The minimum Gasteiger partial charge on any atom is -0.399 e. The molecule has 5 heteroatoms. The van der Waals surface area contributed by atoms with E-state index >= 15 is 0 Å². The van der Waals surface area contributed by atoms with E-state index in [1.807, 2.05) is 43.3 Å². The summed E-state index contributed by atoms with van der Waals surface area (Å²) in [5.74, 6) is 1.01. The van der Waals surface area contributed by atoms with Crippen molar-refractivity contribution in [2.75, 3.05) is 5.73 Å². The van der Waals surface area contributed by atoms with Crippen molar-refractivity contribution in [1.82, 2.24) is 10.1 Å². The van der Waals surface area contributed by atoms with Crippen LogP contribution in [0, 0.1) is 6.92 Å². The number of nitrogens with zero attached hydrogens (tertiary/aromatic N) is 2. The molecule has 0 bridgehead atoms. The van der Waals surface area contributed by atoms with Crippen molar-refractivity contribution in [2.45, 2.75) is 6.92 Å². The second-order valence-electron chi connectivity index (χ2n) is 4.53. The summed E-state index contributed by atoms with van der Waals surface area (Å²) in [4.78, 5) is 4.43. The van der Waals surface area contributed by atoms with E-state index in [9.17, 15) is 0 Å². The predicted octanol–water partition coefficient (Wildman–Crippen LogP) is 4.06. The van der Waals surface area contributed by atoms with Gasteiger partial charge in [-0.05, 0) is 47.1 Å². The van der Waals surface area contributed by atoms with Gasteiger partial charge in [-0.2, -0.15) is 4.98 Å². The minimum atomic E-state index is 0.445. The van der Waals surface area contributed by atoms with Gasteiger partial charge in [-0.1, -0.05) is 28.9 Å². The number of nitrogen functional groups attached to an aromatic ring is 1. The van der Waals surface area contributed by atoms with Crippen LogP contribution in [0.4, 0.5) is 5.69 Å². The number of rotatable bonds is 2. The van der Waals surface area contributed by atoms with Crippen molar-refractivity contribution >= 4 is 21.6 Å². The Kier molecular flexibility index (Phi) is 3.28. The van der Waals surface area contributed by atoms with Gasteiger partial charge in [0.25, 0.3) is 5.89 Å². The van der Waals surface area contributed by atoms with Crippen molar-refractivity contribution in [1.29, 1.82) is 0 Å². The van der Waals surface area contributed by atoms with Crippen molar-refractivity contribution in [3.8, 4) is 22.8 Å². The van der Waals surface area contributed by atoms with E-state index in [2.05, 4.69) is 26.1 Å². The Bertz CT molecular complexity index is 767. The Hall–Kier alpha value is -2.14. The first-order valence-electron chi connectivity index (χ1n) is 6.09. The van der Waals surface area contributed by atoms with Crippen molar-refractivity contribution in [3.05, 3.63) is 52.5 Å². The number of halogens is 1. The number of benzene rings is 2. The Labute approximate surface area is 124 Å². The highest BCUT2D eigenvalue weighted by atomic mass is 79.9. The Morgan fingerprint density at radius 2 is 2.00 bits per heavy atom. The lowest BCUT2D eigenvalue weighted by Gasteiger charge is -2.00. The summed E-state index contributed by atoms with van der Waals surface area (Å²) < 4.78 is 6.20. The third kappa shape index (κ3) is 2.44. The van der Waals surface area contributed by atoms with Gasteiger partial charge in [0, 0.05) is 15.7 Å². The smallest absolute Gasteiger partial charge is 0.259 e. The number of anilines is 1. The van der Waals surface area contributed by atoms with Crippen molar-refractivity contribution in [2.24, 2.45) is 0 Å². The van der Waals surface area contributed by atoms with Crippen LogP contribution in [-0.2, 0) is 0 Å². The van der Waals surface area contributed by atoms with Crippen LogP contribution in [-0.4, -0.2) is 10.1 Å². The first-order chi connectivity index (χ1) is 9.63. The highest BCUT2D eigenvalue weighted by molar-refractivity contribution is 9.10. The zero-order valence-electron chi connectivity index (χ0n) is 10.8. The van der Waals surface area contributed by atoms with Gasteiger partial charge in [0.05, 0.1) is 5.56 Å². The maximum atomic E-state index is 5.79. The maximum Gasteiger partial charge on any atom is 0.259 e. The normalized spacial score (nSPS) is 10.7. The molecule has 2 aromatic carbocycles. The van der Waals surface area contributed by atoms with E-state index in [1.165, 1.54) is 0 Å². The highest BCUT2D eigenvalue weighted by Crippen LogP contribution is 2.30. The third-order valence-corrected chi connectivity index (χ3v) is 3.61.